The first-order chi connectivity index (χ1) is 13.6. The second-order valence-corrected chi connectivity index (χ2v) is 6.89. The predicted molar refractivity (Wildman–Crippen MR) is 104 cm³/mol. The Hall–Kier alpha value is -2.65. The molecule has 1 atom stereocenters. The van der Waals surface area contributed by atoms with Gasteiger partial charge in [-0.05, 0) is 17.7 Å². The number of morpholine rings is 1. The number of rotatable bonds is 5. The molecule has 0 bridgehead atoms. The van der Waals surface area contributed by atoms with Crippen molar-refractivity contribution >= 4 is 23.5 Å². The van der Waals surface area contributed by atoms with Crippen LogP contribution in [0.3, 0.4) is 0 Å². The molecule has 1 aromatic rings. The molecule has 2 aliphatic rings. The molecule has 2 aliphatic heterocycles. The van der Waals surface area contributed by atoms with E-state index >= 15 is 0 Å². The quantitative estimate of drug-likeness (QED) is 0.657. The second kappa shape index (κ2) is 9.52. The van der Waals surface area contributed by atoms with Gasteiger partial charge in [-0.2, -0.15) is 0 Å². The summed E-state index contributed by atoms with van der Waals surface area (Å²) < 4.78 is 5.36. The Kier molecular flexibility index (Phi) is 6.83. The topological polar surface area (TPSA) is 103 Å². The Morgan fingerprint density at radius 2 is 1.89 bits per heavy atom. The lowest BCUT2D eigenvalue weighted by atomic mass is 10.1. The highest BCUT2D eigenvalue weighted by molar-refractivity contribution is 5.96. The van der Waals surface area contributed by atoms with E-state index in [0.717, 1.165) is 38.4 Å². The molecule has 152 valence electrons. The number of hydrogen-bond acceptors (Lipinski definition) is 5. The van der Waals surface area contributed by atoms with Crippen LogP contribution in [0.1, 0.15) is 12.0 Å². The van der Waals surface area contributed by atoms with Crippen molar-refractivity contribution in [2.45, 2.75) is 19.0 Å². The fourth-order valence-electron chi connectivity index (χ4n) is 3.34. The van der Waals surface area contributed by atoms with Crippen molar-refractivity contribution in [3.63, 3.8) is 0 Å². The zero-order valence-electron chi connectivity index (χ0n) is 16.1. The van der Waals surface area contributed by atoms with Crippen molar-refractivity contribution in [1.29, 1.82) is 0 Å². The van der Waals surface area contributed by atoms with Crippen LogP contribution in [0.15, 0.2) is 24.3 Å². The molecule has 1 unspecified atom stereocenters. The summed E-state index contributed by atoms with van der Waals surface area (Å²) in [6.07, 6.45) is -0.0613. The van der Waals surface area contributed by atoms with Gasteiger partial charge in [-0.3, -0.25) is 14.5 Å². The Balaban J connectivity index is 1.59. The molecule has 2 heterocycles. The van der Waals surface area contributed by atoms with Crippen LogP contribution in [0.5, 0.6) is 0 Å². The van der Waals surface area contributed by atoms with Crippen molar-refractivity contribution < 1.29 is 19.1 Å². The lowest BCUT2D eigenvalue weighted by Gasteiger charge is -2.34. The number of urea groups is 1. The van der Waals surface area contributed by atoms with Crippen LogP contribution in [0.4, 0.5) is 10.5 Å². The number of amides is 4. The van der Waals surface area contributed by atoms with Gasteiger partial charge < -0.3 is 25.6 Å². The highest BCUT2D eigenvalue weighted by Crippen LogP contribution is 2.15. The molecule has 0 aliphatic carbocycles. The molecule has 3 rings (SSSR count). The summed E-state index contributed by atoms with van der Waals surface area (Å²) in [6, 6.07) is 6.47. The van der Waals surface area contributed by atoms with E-state index < -0.39 is 6.04 Å². The van der Waals surface area contributed by atoms with E-state index in [0.29, 0.717) is 18.8 Å². The van der Waals surface area contributed by atoms with Gasteiger partial charge in [0.2, 0.25) is 11.8 Å². The SMILES string of the molecule is CNC(=O)CC1C(=O)NCCN1C(=O)Nc1ccc(CN2CCOCC2)cc1. The minimum Gasteiger partial charge on any atom is -0.379 e. The van der Waals surface area contributed by atoms with Gasteiger partial charge in [0.05, 0.1) is 19.6 Å². The molecule has 2 fully saturated rings. The van der Waals surface area contributed by atoms with Gasteiger partial charge in [-0.25, -0.2) is 4.79 Å². The maximum absolute atomic E-state index is 12.7. The number of nitrogens with one attached hydrogen (secondary N) is 3. The summed E-state index contributed by atoms with van der Waals surface area (Å²) in [7, 11) is 1.51. The van der Waals surface area contributed by atoms with Gasteiger partial charge in [0.25, 0.3) is 0 Å². The van der Waals surface area contributed by atoms with Crippen LogP contribution < -0.4 is 16.0 Å². The summed E-state index contributed by atoms with van der Waals surface area (Å²) >= 11 is 0. The minimum absolute atomic E-state index is 0.0613. The first-order valence-electron chi connectivity index (χ1n) is 9.52. The number of benzene rings is 1. The van der Waals surface area contributed by atoms with E-state index in [2.05, 4.69) is 20.9 Å². The van der Waals surface area contributed by atoms with Crippen molar-refractivity contribution in [1.82, 2.24) is 20.4 Å². The Morgan fingerprint density at radius 3 is 2.57 bits per heavy atom. The number of anilines is 1. The van der Waals surface area contributed by atoms with Gasteiger partial charge in [0, 0.05) is 45.5 Å². The number of nitrogens with zero attached hydrogens (tertiary/aromatic N) is 2. The van der Waals surface area contributed by atoms with Gasteiger partial charge in [-0.15, -0.1) is 0 Å². The molecule has 0 saturated carbocycles. The van der Waals surface area contributed by atoms with E-state index in [1.54, 1.807) is 0 Å². The summed E-state index contributed by atoms with van der Waals surface area (Å²) in [5.41, 5.74) is 1.81. The van der Waals surface area contributed by atoms with Crippen LogP contribution in [0.25, 0.3) is 0 Å². The van der Waals surface area contributed by atoms with E-state index in [4.69, 9.17) is 4.74 Å². The van der Waals surface area contributed by atoms with Gasteiger partial charge in [-0.1, -0.05) is 12.1 Å². The molecule has 4 amide bonds. The molecular weight excluding hydrogens is 362 g/mol. The van der Waals surface area contributed by atoms with E-state index in [1.807, 2.05) is 24.3 Å². The van der Waals surface area contributed by atoms with Crippen LogP contribution >= 0.6 is 0 Å². The fourth-order valence-corrected chi connectivity index (χ4v) is 3.34. The highest BCUT2D eigenvalue weighted by atomic mass is 16.5. The molecule has 1 aromatic carbocycles. The largest absolute Gasteiger partial charge is 0.379 e. The molecule has 9 heteroatoms. The normalized spacial score (nSPS) is 20.4. The number of piperazine rings is 1. The van der Waals surface area contributed by atoms with Crippen LogP contribution in [-0.2, 0) is 20.9 Å². The standard InChI is InChI=1S/C19H27N5O4/c1-20-17(25)12-16-18(26)21-6-7-24(16)19(27)22-15-4-2-14(3-5-15)13-23-8-10-28-11-9-23/h2-5,16H,6-13H2,1H3,(H,20,25)(H,21,26)(H,22,27). The van der Waals surface area contributed by atoms with Gasteiger partial charge >= 0.3 is 6.03 Å². The third-order valence-electron chi connectivity index (χ3n) is 4.96. The summed E-state index contributed by atoms with van der Waals surface area (Å²) in [6.45, 7) is 4.93. The molecule has 28 heavy (non-hydrogen) atoms. The van der Waals surface area contributed by atoms with E-state index in [1.165, 1.54) is 11.9 Å². The van der Waals surface area contributed by atoms with Crippen LogP contribution in [-0.4, -0.2) is 80.1 Å². The molecule has 3 N–H and O–H groups in total. The van der Waals surface area contributed by atoms with Gasteiger partial charge in [0.15, 0.2) is 0 Å². The number of carbonyl (C=O) groups excluding carboxylic acids is 3. The predicted octanol–water partition coefficient (Wildman–Crippen LogP) is -0.0128. The van der Waals surface area contributed by atoms with Crippen molar-refractivity contribution in [2.24, 2.45) is 0 Å². The monoisotopic (exact) mass is 389 g/mol. The average Bonchev–Trinajstić information content (AvgIpc) is 2.71. The fraction of sp³-hybridized carbons (Fsp3) is 0.526. The molecular formula is C19H27N5O4. The third kappa shape index (κ3) is 5.20. The maximum Gasteiger partial charge on any atom is 0.322 e. The molecule has 0 radical (unpaired) electrons. The molecule has 2 saturated heterocycles. The lowest BCUT2D eigenvalue weighted by Crippen LogP contribution is -2.59. The van der Waals surface area contributed by atoms with Crippen molar-refractivity contribution in [3.05, 3.63) is 29.8 Å². The smallest absolute Gasteiger partial charge is 0.322 e. The van der Waals surface area contributed by atoms with Crippen molar-refractivity contribution in [2.75, 3.05) is 51.8 Å². The number of hydrogen-bond donors (Lipinski definition) is 3. The van der Waals surface area contributed by atoms with Crippen LogP contribution in [0.2, 0.25) is 0 Å². The molecule has 0 spiro atoms. The Bertz CT molecular complexity index is 703. The summed E-state index contributed by atoms with van der Waals surface area (Å²) in [5.74, 6) is -0.599. The molecule has 0 aromatic heterocycles. The van der Waals surface area contributed by atoms with E-state index in [9.17, 15) is 14.4 Å². The Labute approximate surface area is 164 Å². The number of carbonyl (C=O) groups is 3. The molecule has 9 nitrogen and oxygen atoms in total. The maximum atomic E-state index is 12.7. The third-order valence-corrected chi connectivity index (χ3v) is 4.96. The van der Waals surface area contributed by atoms with Gasteiger partial charge in [0.1, 0.15) is 6.04 Å². The summed E-state index contributed by atoms with van der Waals surface area (Å²) in [5, 5.41) is 8.02. The first-order valence-corrected chi connectivity index (χ1v) is 9.52. The van der Waals surface area contributed by atoms with Crippen LogP contribution in [0, 0.1) is 0 Å². The summed E-state index contributed by atoms with van der Waals surface area (Å²) in [4.78, 5) is 40.2. The zero-order chi connectivity index (χ0) is 19.9. The first kappa shape index (κ1) is 20.1. The Morgan fingerprint density at radius 1 is 1.18 bits per heavy atom. The highest BCUT2D eigenvalue weighted by Gasteiger charge is 2.34. The van der Waals surface area contributed by atoms with Crippen molar-refractivity contribution in [3.8, 4) is 0 Å². The average molecular weight is 389 g/mol. The minimum atomic E-state index is -0.811. The lowest BCUT2D eigenvalue weighted by molar-refractivity contribution is -0.132. The second-order valence-electron chi connectivity index (χ2n) is 6.89. The van der Waals surface area contributed by atoms with E-state index in [-0.39, 0.29) is 24.3 Å². The number of ether oxygens (including phenoxy) is 1. The zero-order valence-corrected chi connectivity index (χ0v) is 16.1.